The molecule has 5 rings (SSSR count). The average molecular weight is 596 g/mol. The van der Waals surface area contributed by atoms with Crippen molar-refractivity contribution in [2.24, 2.45) is 0 Å². The number of hydrogen-bond acceptors (Lipinski definition) is 11. The lowest BCUT2D eigenvalue weighted by atomic mass is 10.1. The number of hydrogen-bond donors (Lipinski definition) is 1. The Morgan fingerprint density at radius 2 is 1.83 bits per heavy atom. The molecule has 0 atom stereocenters. The van der Waals surface area contributed by atoms with Gasteiger partial charge in [0.1, 0.15) is 5.82 Å². The van der Waals surface area contributed by atoms with Gasteiger partial charge in [0.05, 0.1) is 26.0 Å². The molecule has 1 N–H and O–H groups in total. The summed E-state index contributed by atoms with van der Waals surface area (Å²) in [6.07, 6.45) is 2.66. The van der Waals surface area contributed by atoms with Crippen LogP contribution in [0.4, 0.5) is 10.6 Å². The van der Waals surface area contributed by atoms with Crippen LogP contribution in [-0.4, -0.2) is 117 Å². The lowest BCUT2D eigenvalue weighted by Crippen LogP contribution is -2.41. The van der Waals surface area contributed by atoms with Crippen LogP contribution < -0.4 is 10.1 Å². The third kappa shape index (κ3) is 8.47. The lowest BCUT2D eigenvalue weighted by Gasteiger charge is -2.30. The van der Waals surface area contributed by atoms with Gasteiger partial charge in [-0.3, -0.25) is 9.69 Å². The van der Waals surface area contributed by atoms with Crippen molar-refractivity contribution in [3.05, 3.63) is 53.7 Å². The summed E-state index contributed by atoms with van der Waals surface area (Å²) in [5.74, 6) is 0.447. The molecule has 0 bridgehead atoms. The largest absolute Gasteiger partial charge is 0.415 e. The van der Waals surface area contributed by atoms with E-state index in [1.165, 1.54) is 6.20 Å². The molecule has 0 radical (unpaired) electrons. The van der Waals surface area contributed by atoms with Crippen molar-refractivity contribution >= 4 is 29.6 Å². The summed E-state index contributed by atoms with van der Waals surface area (Å²) in [5, 5.41) is 16.0. The van der Waals surface area contributed by atoms with E-state index >= 15 is 0 Å². The van der Waals surface area contributed by atoms with Gasteiger partial charge >= 0.3 is 6.09 Å². The highest BCUT2D eigenvalue weighted by Gasteiger charge is 2.26. The molecule has 0 aliphatic carbocycles. The molecule has 4 heterocycles. The maximum atomic E-state index is 12.7. The smallest absolute Gasteiger partial charge is 0.409 e. The Morgan fingerprint density at radius 1 is 1.07 bits per heavy atom. The number of anilines is 1. The molecule has 0 unspecified atom stereocenters. The van der Waals surface area contributed by atoms with Crippen LogP contribution in [0.15, 0.2) is 47.8 Å². The molecule has 3 aromatic rings. The summed E-state index contributed by atoms with van der Waals surface area (Å²) in [4.78, 5) is 35.8. The molecule has 13 nitrogen and oxygen atoms in total. The topological polar surface area (TPSA) is 131 Å². The van der Waals surface area contributed by atoms with Crippen LogP contribution in [0.25, 0.3) is 0 Å². The molecular formula is C28H37N9O4S. The predicted octanol–water partition coefficient (Wildman–Crippen LogP) is 2.47. The zero-order valence-electron chi connectivity index (χ0n) is 24.0. The van der Waals surface area contributed by atoms with Gasteiger partial charge in [0.25, 0.3) is 5.91 Å². The van der Waals surface area contributed by atoms with Crippen molar-refractivity contribution in [3.63, 3.8) is 0 Å². The number of aromatic nitrogens is 5. The molecule has 0 spiro atoms. The summed E-state index contributed by atoms with van der Waals surface area (Å²) in [7, 11) is 4.03. The number of likely N-dealkylation sites (N-methyl/N-ethyl adjacent to an activating group) is 1. The van der Waals surface area contributed by atoms with Gasteiger partial charge in [-0.05, 0) is 67.2 Å². The van der Waals surface area contributed by atoms with Crippen LogP contribution in [0.2, 0.25) is 0 Å². The predicted molar refractivity (Wildman–Crippen MR) is 158 cm³/mol. The number of benzene rings is 1. The van der Waals surface area contributed by atoms with E-state index in [-0.39, 0.29) is 5.91 Å². The van der Waals surface area contributed by atoms with Gasteiger partial charge in [-0.15, -0.1) is 5.10 Å². The van der Waals surface area contributed by atoms with Crippen LogP contribution in [0.3, 0.4) is 0 Å². The van der Waals surface area contributed by atoms with E-state index in [0.717, 1.165) is 69.5 Å². The first-order valence-electron chi connectivity index (χ1n) is 14.1. The quantitative estimate of drug-likeness (QED) is 0.371. The number of thioether (sulfide) groups is 1. The van der Waals surface area contributed by atoms with Crippen molar-refractivity contribution in [1.82, 2.24) is 39.9 Å². The molecule has 1 aromatic carbocycles. The van der Waals surface area contributed by atoms with Gasteiger partial charge in [-0.25, -0.2) is 14.5 Å². The number of likely N-dealkylation sites (tertiary alicyclic amines) is 1. The Labute approximate surface area is 249 Å². The monoisotopic (exact) mass is 595 g/mol. The maximum Gasteiger partial charge on any atom is 0.415 e. The number of morpholine rings is 1. The van der Waals surface area contributed by atoms with E-state index in [9.17, 15) is 9.59 Å². The van der Waals surface area contributed by atoms with Crippen LogP contribution in [0.1, 0.15) is 28.8 Å². The van der Waals surface area contributed by atoms with Gasteiger partial charge in [-0.1, -0.05) is 23.9 Å². The molecule has 2 aliphatic rings. The Bertz CT molecular complexity index is 1310. The van der Waals surface area contributed by atoms with E-state index in [2.05, 4.69) is 35.6 Å². The fourth-order valence-electron chi connectivity index (χ4n) is 4.67. The molecule has 2 amide bonds. The van der Waals surface area contributed by atoms with E-state index in [0.29, 0.717) is 35.5 Å². The third-order valence-electron chi connectivity index (χ3n) is 7.14. The zero-order valence-corrected chi connectivity index (χ0v) is 24.8. The standard InChI is InChI=1S/C28H37N9O4S/c1-34(2)13-14-37-27(31-32-33-37)42-24-9-11-36(12-10-24)28(39)41-23-7-8-25(29-19-23)30-26(38)22-5-3-21(4-6-22)20-35-15-17-40-18-16-35/h3-8,19,24H,9-18,20H2,1-2H3,(H,29,30,38). The Morgan fingerprint density at radius 3 is 2.52 bits per heavy atom. The number of tetrazole rings is 1. The Balaban J connectivity index is 1.05. The molecule has 224 valence electrons. The number of piperidine rings is 1. The number of pyridine rings is 1. The number of rotatable bonds is 10. The van der Waals surface area contributed by atoms with Crippen molar-refractivity contribution in [2.75, 3.05) is 65.3 Å². The minimum atomic E-state index is -0.412. The fourth-order valence-corrected chi connectivity index (χ4v) is 5.75. The lowest BCUT2D eigenvalue weighted by molar-refractivity contribution is 0.0342. The normalized spacial score (nSPS) is 16.5. The number of nitrogens with one attached hydrogen (secondary N) is 1. The first kappa shape index (κ1) is 29.9. The maximum absolute atomic E-state index is 12.7. The zero-order chi connectivity index (χ0) is 29.3. The number of carbonyl (C=O) groups excluding carboxylic acids is 2. The van der Waals surface area contributed by atoms with Crippen LogP contribution in [0, 0.1) is 0 Å². The van der Waals surface area contributed by atoms with Crippen molar-refractivity contribution < 1.29 is 19.1 Å². The van der Waals surface area contributed by atoms with Crippen LogP contribution in [-0.2, 0) is 17.8 Å². The summed E-state index contributed by atoms with van der Waals surface area (Å²) in [5.41, 5.74) is 1.70. The number of carbonyl (C=O) groups is 2. The van der Waals surface area contributed by atoms with E-state index in [1.807, 2.05) is 43.0 Å². The van der Waals surface area contributed by atoms with Gasteiger partial charge in [0.2, 0.25) is 5.16 Å². The second-order valence-corrected chi connectivity index (χ2v) is 11.8. The van der Waals surface area contributed by atoms with Crippen LogP contribution >= 0.6 is 11.8 Å². The average Bonchev–Trinajstić information content (AvgIpc) is 3.45. The Kier molecular flexibility index (Phi) is 10.3. The van der Waals surface area contributed by atoms with E-state index in [1.54, 1.807) is 28.8 Å². The summed E-state index contributed by atoms with van der Waals surface area (Å²) >= 11 is 1.66. The highest BCUT2D eigenvalue weighted by Crippen LogP contribution is 2.29. The minimum absolute atomic E-state index is 0.252. The van der Waals surface area contributed by atoms with Crippen molar-refractivity contribution in [1.29, 1.82) is 0 Å². The first-order chi connectivity index (χ1) is 20.4. The van der Waals surface area contributed by atoms with Gasteiger partial charge in [-0.2, -0.15) is 0 Å². The van der Waals surface area contributed by atoms with Crippen LogP contribution in [0.5, 0.6) is 5.75 Å². The Hall–Kier alpha value is -3.59. The van der Waals surface area contributed by atoms with Gasteiger partial charge in [0.15, 0.2) is 5.75 Å². The summed E-state index contributed by atoms with van der Waals surface area (Å²) < 4.78 is 12.8. The molecule has 2 aliphatic heterocycles. The summed E-state index contributed by atoms with van der Waals surface area (Å²) in [6.45, 7) is 6.93. The molecule has 2 saturated heterocycles. The number of amides is 2. The van der Waals surface area contributed by atoms with E-state index in [4.69, 9.17) is 9.47 Å². The fraction of sp³-hybridized carbons (Fsp3) is 0.500. The van der Waals surface area contributed by atoms with Gasteiger partial charge < -0.3 is 24.6 Å². The van der Waals surface area contributed by atoms with Crippen molar-refractivity contribution in [2.45, 2.75) is 36.3 Å². The second-order valence-electron chi connectivity index (χ2n) is 10.6. The van der Waals surface area contributed by atoms with Crippen molar-refractivity contribution in [3.8, 4) is 5.75 Å². The second kappa shape index (κ2) is 14.5. The molecular weight excluding hydrogens is 558 g/mol. The minimum Gasteiger partial charge on any atom is -0.409 e. The number of nitrogens with zero attached hydrogens (tertiary/aromatic N) is 8. The SMILES string of the molecule is CN(C)CCn1nnnc1SC1CCN(C(=O)Oc2ccc(NC(=O)c3ccc(CN4CCOCC4)cc3)nc2)CC1. The highest BCUT2D eigenvalue weighted by molar-refractivity contribution is 7.99. The van der Waals surface area contributed by atoms with E-state index < -0.39 is 6.09 Å². The summed E-state index contributed by atoms with van der Waals surface area (Å²) in [6, 6.07) is 10.8. The number of ether oxygens (including phenoxy) is 2. The molecule has 42 heavy (non-hydrogen) atoms. The van der Waals surface area contributed by atoms with Gasteiger partial charge in [0, 0.05) is 50.1 Å². The molecule has 0 saturated carbocycles. The highest BCUT2D eigenvalue weighted by atomic mass is 32.2. The first-order valence-corrected chi connectivity index (χ1v) is 15.0. The third-order valence-corrected chi connectivity index (χ3v) is 8.45. The molecule has 14 heteroatoms. The molecule has 2 fully saturated rings. The molecule has 2 aromatic heterocycles.